The Morgan fingerprint density at radius 3 is 1.77 bits per heavy atom. The second-order valence-corrected chi connectivity index (χ2v) is 16.8. The van der Waals surface area contributed by atoms with Crippen LogP contribution in [-0.2, 0) is 5.41 Å². The van der Waals surface area contributed by atoms with Gasteiger partial charge in [-0.3, -0.25) is 0 Å². The molecular formula is C59H41N3. The maximum absolute atomic E-state index is 5.42. The lowest BCUT2D eigenvalue weighted by molar-refractivity contribution is 0.457. The summed E-state index contributed by atoms with van der Waals surface area (Å²) < 4.78 is 0. The highest BCUT2D eigenvalue weighted by Crippen LogP contribution is 2.60. The van der Waals surface area contributed by atoms with E-state index in [0.29, 0.717) is 17.5 Å². The molecule has 0 spiro atoms. The molecule has 62 heavy (non-hydrogen) atoms. The number of benzene rings is 9. The molecule has 2 unspecified atom stereocenters. The normalized spacial score (nSPS) is 16.1. The van der Waals surface area contributed by atoms with Gasteiger partial charge in [-0.05, 0) is 84.8 Å². The van der Waals surface area contributed by atoms with Crippen molar-refractivity contribution in [2.24, 2.45) is 5.92 Å². The molecule has 0 N–H and O–H groups in total. The first-order valence-electron chi connectivity index (χ1n) is 21.5. The lowest BCUT2D eigenvalue weighted by atomic mass is 9.63. The minimum absolute atomic E-state index is 0.195. The van der Waals surface area contributed by atoms with Crippen LogP contribution in [-0.4, -0.2) is 15.0 Å². The molecule has 0 radical (unpaired) electrons. The fraction of sp³-hybridized carbons (Fsp3) is 0.0678. The summed E-state index contributed by atoms with van der Waals surface area (Å²) in [5.41, 5.74) is 11.2. The van der Waals surface area contributed by atoms with Crippen LogP contribution in [0.3, 0.4) is 0 Å². The van der Waals surface area contributed by atoms with Crippen LogP contribution >= 0.6 is 0 Å². The summed E-state index contributed by atoms with van der Waals surface area (Å²) in [6.07, 6.45) is 9.22. The van der Waals surface area contributed by atoms with Crippen molar-refractivity contribution in [2.45, 2.75) is 18.3 Å². The average molecular weight is 792 g/mol. The van der Waals surface area contributed by atoms with E-state index in [2.05, 4.69) is 225 Å². The first-order valence-corrected chi connectivity index (χ1v) is 21.5. The van der Waals surface area contributed by atoms with Gasteiger partial charge in [0.1, 0.15) is 0 Å². The summed E-state index contributed by atoms with van der Waals surface area (Å²) in [5.74, 6) is 2.36. The van der Waals surface area contributed by atoms with E-state index in [0.717, 1.165) is 33.0 Å². The highest BCUT2D eigenvalue weighted by atomic mass is 15.0. The molecule has 2 aliphatic carbocycles. The lowest BCUT2D eigenvalue weighted by Gasteiger charge is -2.38. The second kappa shape index (κ2) is 14.5. The van der Waals surface area contributed by atoms with Crippen molar-refractivity contribution in [1.82, 2.24) is 15.0 Å². The molecule has 292 valence electrons. The largest absolute Gasteiger partial charge is 0.208 e. The van der Waals surface area contributed by atoms with Gasteiger partial charge >= 0.3 is 0 Å². The van der Waals surface area contributed by atoms with Crippen molar-refractivity contribution < 1.29 is 0 Å². The molecule has 10 aromatic rings. The van der Waals surface area contributed by atoms with Gasteiger partial charge in [0.05, 0.1) is 5.41 Å². The Bertz CT molecular complexity index is 3380. The molecule has 2 aliphatic rings. The number of aryl methyl sites for hydroxylation is 1. The summed E-state index contributed by atoms with van der Waals surface area (Å²) in [4.78, 5) is 16.1. The monoisotopic (exact) mass is 791 g/mol. The Labute approximate surface area is 361 Å². The van der Waals surface area contributed by atoms with Crippen molar-refractivity contribution in [3.8, 4) is 45.3 Å². The molecule has 0 fully saturated rings. The zero-order chi connectivity index (χ0) is 41.2. The number of allylic oxidation sites excluding steroid dienone is 4. The van der Waals surface area contributed by atoms with Crippen LogP contribution < -0.4 is 0 Å². The molecule has 0 aliphatic heterocycles. The van der Waals surface area contributed by atoms with Gasteiger partial charge < -0.3 is 0 Å². The summed E-state index contributed by atoms with van der Waals surface area (Å²) in [6.45, 7) is 2.14. The highest BCUT2D eigenvalue weighted by Gasteiger charge is 2.53. The van der Waals surface area contributed by atoms with Crippen molar-refractivity contribution in [3.63, 3.8) is 0 Å². The maximum atomic E-state index is 5.42. The van der Waals surface area contributed by atoms with E-state index in [-0.39, 0.29) is 11.8 Å². The molecule has 1 heterocycles. The lowest BCUT2D eigenvalue weighted by Crippen LogP contribution is -2.35. The van der Waals surface area contributed by atoms with Gasteiger partial charge in [0, 0.05) is 28.5 Å². The zero-order valence-electron chi connectivity index (χ0n) is 34.3. The van der Waals surface area contributed by atoms with E-state index in [1.165, 1.54) is 54.9 Å². The summed E-state index contributed by atoms with van der Waals surface area (Å²) in [6, 6.07) is 70.4. The number of fused-ring (bicyclic) bond motifs is 7. The topological polar surface area (TPSA) is 38.7 Å². The number of nitrogens with zero attached hydrogens (tertiary/aromatic N) is 3. The van der Waals surface area contributed by atoms with Crippen molar-refractivity contribution >= 4 is 32.3 Å². The Morgan fingerprint density at radius 1 is 0.403 bits per heavy atom. The van der Waals surface area contributed by atoms with Crippen LogP contribution in [0, 0.1) is 12.8 Å². The summed E-state index contributed by atoms with van der Waals surface area (Å²) >= 11 is 0. The van der Waals surface area contributed by atoms with E-state index in [4.69, 9.17) is 15.0 Å². The van der Waals surface area contributed by atoms with Crippen molar-refractivity contribution in [2.75, 3.05) is 0 Å². The molecule has 0 saturated carbocycles. The summed E-state index contributed by atoms with van der Waals surface area (Å²) in [5, 5.41) is 7.13. The van der Waals surface area contributed by atoms with Crippen molar-refractivity contribution in [3.05, 3.63) is 246 Å². The molecule has 9 aromatic carbocycles. The van der Waals surface area contributed by atoms with Crippen LogP contribution in [0.15, 0.2) is 218 Å². The molecule has 1 aromatic heterocycles. The molecule has 2 atom stereocenters. The Morgan fingerprint density at radius 2 is 1.00 bits per heavy atom. The van der Waals surface area contributed by atoms with E-state index in [1.54, 1.807) is 0 Å². The van der Waals surface area contributed by atoms with Gasteiger partial charge in [-0.15, -0.1) is 0 Å². The molecular weight excluding hydrogens is 751 g/mol. The Kier molecular flexibility index (Phi) is 8.43. The highest BCUT2D eigenvalue weighted by molar-refractivity contribution is 6.13. The van der Waals surface area contributed by atoms with Crippen LogP contribution in [0.25, 0.3) is 77.6 Å². The molecule has 0 saturated heterocycles. The third-order valence-corrected chi connectivity index (χ3v) is 13.3. The van der Waals surface area contributed by atoms with E-state index in [1.807, 2.05) is 0 Å². The minimum atomic E-state index is -0.427. The molecule has 12 rings (SSSR count). The first-order chi connectivity index (χ1) is 30.6. The van der Waals surface area contributed by atoms with Crippen LogP contribution in [0.4, 0.5) is 0 Å². The number of rotatable bonds is 6. The number of hydrogen-bond donors (Lipinski definition) is 0. The third kappa shape index (κ3) is 5.69. The number of hydrogen-bond acceptors (Lipinski definition) is 3. The molecule has 3 nitrogen and oxygen atoms in total. The van der Waals surface area contributed by atoms with Gasteiger partial charge in [0.25, 0.3) is 0 Å². The minimum Gasteiger partial charge on any atom is -0.208 e. The first kappa shape index (κ1) is 36.1. The van der Waals surface area contributed by atoms with E-state index >= 15 is 0 Å². The summed E-state index contributed by atoms with van der Waals surface area (Å²) in [7, 11) is 0. The van der Waals surface area contributed by atoms with Gasteiger partial charge in [0.2, 0.25) is 0 Å². The van der Waals surface area contributed by atoms with Crippen LogP contribution in [0.1, 0.15) is 33.7 Å². The van der Waals surface area contributed by atoms with E-state index < -0.39 is 5.41 Å². The molecule has 3 heteroatoms. The predicted octanol–water partition coefficient (Wildman–Crippen LogP) is 14.5. The van der Waals surface area contributed by atoms with Crippen LogP contribution in [0.5, 0.6) is 0 Å². The average Bonchev–Trinajstić information content (AvgIpc) is 3.64. The zero-order valence-corrected chi connectivity index (χ0v) is 34.3. The SMILES string of the molecule is Cc1ccc2c(-c3ccc(-c4nc(-c5ccc6c(c5)C(c5ccccc5)(c5ccccc5)C5C=CC=CC65)nc(-c5cc6ccccc6c6ccccc56)n4)cc3)cccc2c1. The predicted molar refractivity (Wildman–Crippen MR) is 256 cm³/mol. The maximum Gasteiger partial charge on any atom is 0.164 e. The van der Waals surface area contributed by atoms with Crippen molar-refractivity contribution in [1.29, 1.82) is 0 Å². The van der Waals surface area contributed by atoms with E-state index in [9.17, 15) is 0 Å². The van der Waals surface area contributed by atoms with Gasteiger partial charge in [-0.2, -0.15) is 0 Å². The molecule has 0 bridgehead atoms. The fourth-order valence-corrected chi connectivity index (χ4v) is 10.5. The van der Waals surface area contributed by atoms with Gasteiger partial charge in [-0.1, -0.05) is 212 Å². The number of aromatic nitrogens is 3. The Hall–Kier alpha value is -7.75. The Balaban J connectivity index is 1.08. The standard InChI is InChI=1S/C59H41N3/c1-38-27-33-48-41(35-38)16-14-25-46(48)39-28-30-40(31-29-39)56-60-57(62-58(61-56)53-36-42-15-8-9-21-47(42)49-22-10-11-23-50(49)53)43-32-34-52-51-24-12-13-26-54(51)59(55(52)37-43,44-17-4-2-5-18-44)45-19-6-3-7-20-45/h2-37,51,54H,1H3. The second-order valence-electron chi connectivity index (χ2n) is 16.8. The van der Waals surface area contributed by atoms with Crippen LogP contribution in [0.2, 0.25) is 0 Å². The van der Waals surface area contributed by atoms with Gasteiger partial charge in [-0.25, -0.2) is 15.0 Å². The third-order valence-electron chi connectivity index (χ3n) is 13.3. The molecule has 0 amide bonds. The smallest absolute Gasteiger partial charge is 0.164 e. The van der Waals surface area contributed by atoms with Gasteiger partial charge in [0.15, 0.2) is 17.5 Å². The quantitative estimate of drug-likeness (QED) is 0.157. The fourth-order valence-electron chi connectivity index (χ4n) is 10.5.